The van der Waals surface area contributed by atoms with Gasteiger partial charge in [0.25, 0.3) is 5.91 Å². The van der Waals surface area contributed by atoms with Gasteiger partial charge in [-0.2, -0.15) is 0 Å². The molecule has 18 heavy (non-hydrogen) atoms. The van der Waals surface area contributed by atoms with Gasteiger partial charge in [0.05, 0.1) is 5.69 Å². The summed E-state index contributed by atoms with van der Waals surface area (Å²) in [5.74, 6) is -0.661. The van der Waals surface area contributed by atoms with Crippen LogP contribution in [0.1, 0.15) is 29.4 Å². The van der Waals surface area contributed by atoms with Crippen LogP contribution in [0.15, 0.2) is 11.4 Å². The Morgan fingerprint density at radius 2 is 2.28 bits per heavy atom. The molecule has 1 fully saturated rings. The number of nitrogens with zero attached hydrogens (tertiary/aromatic N) is 1. The predicted octanol–water partition coefficient (Wildman–Crippen LogP) is 1.50. The molecule has 1 saturated carbocycles. The second-order valence-corrected chi connectivity index (χ2v) is 5.11. The van der Waals surface area contributed by atoms with Gasteiger partial charge in [0.2, 0.25) is 0 Å². The molecule has 6 heteroatoms. The van der Waals surface area contributed by atoms with Gasteiger partial charge in [-0.15, -0.1) is 11.3 Å². The molecule has 1 heterocycles. The lowest BCUT2D eigenvalue weighted by Crippen LogP contribution is -2.36. The highest BCUT2D eigenvalue weighted by atomic mass is 32.1. The van der Waals surface area contributed by atoms with E-state index in [1.807, 2.05) is 6.92 Å². The van der Waals surface area contributed by atoms with Crippen molar-refractivity contribution in [1.82, 2.24) is 4.90 Å². The number of esters is 1. The molecular formula is C12H16N2O3S. The molecule has 1 aliphatic rings. The minimum Gasteiger partial charge on any atom is -0.451 e. The molecule has 0 aromatic carbocycles. The average molecular weight is 268 g/mol. The minimum absolute atomic E-state index is 0.136. The Kier molecular flexibility index (Phi) is 3.86. The maximum atomic E-state index is 11.8. The number of likely N-dealkylation sites (N-methyl/N-ethyl adjacent to an activating group) is 1. The maximum Gasteiger partial charge on any atom is 0.350 e. The first-order chi connectivity index (χ1) is 8.63. The Hall–Kier alpha value is -1.56. The molecule has 2 N–H and O–H groups in total. The molecule has 1 aromatic rings. The number of anilines is 1. The highest BCUT2D eigenvalue weighted by Crippen LogP contribution is 2.26. The monoisotopic (exact) mass is 268 g/mol. The van der Waals surface area contributed by atoms with Crippen molar-refractivity contribution in [3.05, 3.63) is 16.3 Å². The first kappa shape index (κ1) is 12.9. The summed E-state index contributed by atoms with van der Waals surface area (Å²) in [6.07, 6.45) is 2.09. The van der Waals surface area contributed by atoms with E-state index in [9.17, 15) is 9.59 Å². The van der Waals surface area contributed by atoms with Crippen LogP contribution in [0, 0.1) is 0 Å². The van der Waals surface area contributed by atoms with Gasteiger partial charge in [-0.1, -0.05) is 0 Å². The van der Waals surface area contributed by atoms with Crippen LogP contribution in [-0.2, 0) is 9.53 Å². The smallest absolute Gasteiger partial charge is 0.350 e. The van der Waals surface area contributed by atoms with Crippen LogP contribution in [0.25, 0.3) is 0 Å². The highest BCUT2D eigenvalue weighted by molar-refractivity contribution is 7.12. The van der Waals surface area contributed by atoms with Crippen molar-refractivity contribution in [3.8, 4) is 0 Å². The van der Waals surface area contributed by atoms with Crippen LogP contribution in [0.2, 0.25) is 0 Å². The topological polar surface area (TPSA) is 72.6 Å². The molecule has 0 aliphatic heterocycles. The summed E-state index contributed by atoms with van der Waals surface area (Å²) < 4.78 is 4.99. The van der Waals surface area contributed by atoms with Crippen LogP contribution in [0.3, 0.4) is 0 Å². The van der Waals surface area contributed by atoms with Gasteiger partial charge in [0.15, 0.2) is 6.61 Å². The Labute approximate surface area is 110 Å². The van der Waals surface area contributed by atoms with E-state index in [1.165, 1.54) is 11.3 Å². The Morgan fingerprint density at radius 3 is 2.78 bits per heavy atom. The largest absolute Gasteiger partial charge is 0.451 e. The lowest BCUT2D eigenvalue weighted by atomic mass is 10.4. The van der Waals surface area contributed by atoms with E-state index in [0.29, 0.717) is 23.2 Å². The van der Waals surface area contributed by atoms with Gasteiger partial charge in [-0.05, 0) is 31.2 Å². The Bertz CT molecular complexity index is 454. The van der Waals surface area contributed by atoms with E-state index in [1.54, 1.807) is 16.3 Å². The Balaban J connectivity index is 1.86. The van der Waals surface area contributed by atoms with Gasteiger partial charge in [-0.25, -0.2) is 4.79 Å². The number of hydrogen-bond acceptors (Lipinski definition) is 5. The fraction of sp³-hybridized carbons (Fsp3) is 0.500. The SMILES string of the molecule is CCN(C(=O)COC(=O)c1sccc1N)C1CC1. The standard InChI is InChI=1S/C12H16N2O3S/c1-2-14(8-3-4-8)10(15)7-17-12(16)11-9(13)5-6-18-11/h5-6,8H,2-4,7,13H2,1H3. The molecule has 1 aromatic heterocycles. The van der Waals surface area contributed by atoms with Gasteiger partial charge in [0, 0.05) is 12.6 Å². The molecule has 0 saturated heterocycles. The van der Waals surface area contributed by atoms with Gasteiger partial charge >= 0.3 is 5.97 Å². The summed E-state index contributed by atoms with van der Waals surface area (Å²) in [7, 11) is 0. The fourth-order valence-electron chi connectivity index (χ4n) is 1.79. The molecule has 1 amide bonds. The van der Waals surface area contributed by atoms with Crippen molar-refractivity contribution in [2.45, 2.75) is 25.8 Å². The summed E-state index contributed by atoms with van der Waals surface area (Å²) in [6.45, 7) is 2.37. The normalized spacial score (nSPS) is 14.3. The van der Waals surface area contributed by atoms with Gasteiger partial charge in [-0.3, -0.25) is 4.79 Å². The number of thiophene rings is 1. The first-order valence-corrected chi connectivity index (χ1v) is 6.81. The fourth-order valence-corrected chi connectivity index (χ4v) is 2.50. The average Bonchev–Trinajstić information content (AvgIpc) is 3.09. The molecule has 1 aliphatic carbocycles. The molecule has 0 unspecified atom stereocenters. The molecular weight excluding hydrogens is 252 g/mol. The zero-order chi connectivity index (χ0) is 13.1. The van der Waals surface area contributed by atoms with Crippen molar-refractivity contribution in [2.24, 2.45) is 0 Å². The summed E-state index contributed by atoms with van der Waals surface area (Å²) in [4.78, 5) is 25.6. The number of carbonyl (C=O) groups excluding carboxylic acids is 2. The van der Waals surface area contributed by atoms with Gasteiger partial charge in [0.1, 0.15) is 4.88 Å². The third-order valence-electron chi connectivity index (χ3n) is 2.86. The lowest BCUT2D eigenvalue weighted by molar-refractivity contribution is -0.134. The van der Waals surface area contributed by atoms with Crippen molar-refractivity contribution in [3.63, 3.8) is 0 Å². The minimum atomic E-state index is -0.525. The van der Waals surface area contributed by atoms with Crippen LogP contribution in [-0.4, -0.2) is 36.0 Å². The molecule has 0 radical (unpaired) electrons. The van der Waals surface area contributed by atoms with E-state index in [0.717, 1.165) is 12.8 Å². The van der Waals surface area contributed by atoms with E-state index < -0.39 is 5.97 Å². The summed E-state index contributed by atoms with van der Waals surface area (Å²) in [5.41, 5.74) is 6.00. The number of ether oxygens (including phenoxy) is 1. The highest BCUT2D eigenvalue weighted by Gasteiger charge is 2.31. The number of nitrogen functional groups attached to an aromatic ring is 1. The zero-order valence-corrected chi connectivity index (χ0v) is 11.0. The van der Waals surface area contributed by atoms with Crippen molar-refractivity contribution in [2.75, 3.05) is 18.9 Å². The van der Waals surface area contributed by atoms with E-state index >= 15 is 0 Å². The maximum absolute atomic E-state index is 11.8. The van der Waals surface area contributed by atoms with Gasteiger partial charge < -0.3 is 15.4 Å². The van der Waals surface area contributed by atoms with E-state index in [-0.39, 0.29) is 12.5 Å². The van der Waals surface area contributed by atoms with E-state index in [4.69, 9.17) is 10.5 Å². The van der Waals surface area contributed by atoms with Crippen molar-refractivity contribution >= 4 is 28.9 Å². The molecule has 98 valence electrons. The zero-order valence-electron chi connectivity index (χ0n) is 10.2. The molecule has 0 bridgehead atoms. The molecule has 2 rings (SSSR count). The summed E-state index contributed by atoms with van der Waals surface area (Å²) in [6, 6.07) is 1.99. The van der Waals surface area contributed by atoms with Crippen molar-refractivity contribution in [1.29, 1.82) is 0 Å². The van der Waals surface area contributed by atoms with Crippen LogP contribution in [0.5, 0.6) is 0 Å². The number of rotatable bonds is 5. The van der Waals surface area contributed by atoms with Crippen LogP contribution in [0.4, 0.5) is 5.69 Å². The summed E-state index contributed by atoms with van der Waals surface area (Å²) >= 11 is 1.22. The van der Waals surface area contributed by atoms with Crippen molar-refractivity contribution < 1.29 is 14.3 Å². The first-order valence-electron chi connectivity index (χ1n) is 5.93. The Morgan fingerprint density at radius 1 is 1.56 bits per heavy atom. The predicted molar refractivity (Wildman–Crippen MR) is 69.4 cm³/mol. The number of amides is 1. The van der Waals surface area contributed by atoms with Crippen LogP contribution >= 0.6 is 11.3 Å². The third kappa shape index (κ3) is 2.81. The quantitative estimate of drug-likeness (QED) is 0.821. The van der Waals surface area contributed by atoms with E-state index in [2.05, 4.69) is 0 Å². The third-order valence-corrected chi connectivity index (χ3v) is 3.77. The lowest BCUT2D eigenvalue weighted by Gasteiger charge is -2.19. The molecule has 0 atom stereocenters. The second kappa shape index (κ2) is 5.39. The second-order valence-electron chi connectivity index (χ2n) is 4.19. The van der Waals surface area contributed by atoms with Crippen LogP contribution < -0.4 is 5.73 Å². The number of hydrogen-bond donors (Lipinski definition) is 1. The summed E-state index contributed by atoms with van der Waals surface area (Å²) in [5, 5.41) is 1.72. The molecule has 0 spiro atoms. The molecule has 5 nitrogen and oxygen atoms in total. The number of carbonyl (C=O) groups is 2. The number of nitrogens with two attached hydrogens (primary N) is 1.